The van der Waals surface area contributed by atoms with Crippen LogP contribution in [-0.4, -0.2) is 60.5 Å². The minimum absolute atomic E-state index is 0.213. The van der Waals surface area contributed by atoms with Gasteiger partial charge < -0.3 is 0 Å². The van der Waals surface area contributed by atoms with E-state index in [1.54, 1.807) is 23.5 Å². The Labute approximate surface area is 161 Å². The van der Waals surface area contributed by atoms with E-state index in [0.29, 0.717) is 0 Å². The van der Waals surface area contributed by atoms with Crippen LogP contribution in [0.3, 0.4) is 0 Å². The molecule has 0 amide bonds. The molecule has 0 spiro atoms. The first-order valence-electron chi connectivity index (χ1n) is 8.18. The van der Waals surface area contributed by atoms with Crippen molar-refractivity contribution in [1.29, 1.82) is 0 Å². The van der Waals surface area contributed by atoms with Crippen LogP contribution < -0.4 is 0 Å². The van der Waals surface area contributed by atoms with Gasteiger partial charge in [0.15, 0.2) is 0 Å². The lowest BCUT2D eigenvalue weighted by molar-refractivity contribution is 0.378. The second kappa shape index (κ2) is 10.8. The van der Waals surface area contributed by atoms with Crippen LogP contribution >= 0.6 is 23.5 Å². The van der Waals surface area contributed by atoms with Crippen molar-refractivity contribution >= 4 is 43.8 Å². The van der Waals surface area contributed by atoms with Crippen molar-refractivity contribution in [2.75, 3.05) is 34.5 Å². The van der Waals surface area contributed by atoms with Gasteiger partial charge in [0.2, 0.25) is 0 Å². The smallest absolute Gasteiger partial charge is 0.265 e. The van der Waals surface area contributed by atoms with Gasteiger partial charge in [-0.05, 0) is 53.1 Å². The van der Waals surface area contributed by atoms with Crippen LogP contribution in [0, 0.1) is 10.8 Å². The molecule has 0 atom stereocenters. The monoisotopic (exact) mass is 436 g/mol. The van der Waals surface area contributed by atoms with Crippen molar-refractivity contribution in [1.82, 2.24) is 0 Å². The lowest BCUT2D eigenvalue weighted by Crippen LogP contribution is -2.24. The molecule has 25 heavy (non-hydrogen) atoms. The van der Waals surface area contributed by atoms with Crippen molar-refractivity contribution < 1.29 is 25.9 Å². The first-order chi connectivity index (χ1) is 11.1. The third-order valence-corrected chi connectivity index (χ3v) is 8.00. The van der Waals surface area contributed by atoms with E-state index in [-0.39, 0.29) is 11.5 Å². The fourth-order valence-electron chi connectivity index (χ4n) is 2.30. The molecule has 0 aromatic heterocycles. The Balaban J connectivity index is 3.72. The summed E-state index contributed by atoms with van der Waals surface area (Å²) < 4.78 is 61.5. The fraction of sp³-hybridized carbons (Fsp3) is 1.00. The first-order valence-corrected chi connectivity index (χ1v) is 13.7. The highest BCUT2D eigenvalue weighted by molar-refractivity contribution is 8.00. The molecule has 0 aliphatic rings. The summed E-state index contributed by atoms with van der Waals surface area (Å²) >= 11 is 3.55. The number of hydrogen-bond acceptors (Lipinski definition) is 6. The molecular formula is C15H32O6S4. The van der Waals surface area contributed by atoms with Crippen molar-refractivity contribution in [2.24, 2.45) is 10.8 Å². The molecule has 0 bridgehead atoms. The first kappa shape index (κ1) is 25.5. The predicted octanol–water partition coefficient (Wildman–Crippen LogP) is 3.45. The molecule has 0 aromatic rings. The summed E-state index contributed by atoms with van der Waals surface area (Å²) in [6.07, 6.45) is 2.50. The minimum atomic E-state index is -3.93. The van der Waals surface area contributed by atoms with Gasteiger partial charge in [0.05, 0.1) is 11.5 Å². The number of hydrogen-bond donors (Lipinski definition) is 2. The fourth-order valence-corrected chi connectivity index (χ4v) is 7.24. The molecule has 2 N–H and O–H groups in total. The highest BCUT2D eigenvalue weighted by Gasteiger charge is 2.25. The van der Waals surface area contributed by atoms with Crippen LogP contribution in [-0.2, 0) is 20.2 Å². The van der Waals surface area contributed by atoms with Crippen LogP contribution in [0.5, 0.6) is 0 Å². The van der Waals surface area contributed by atoms with E-state index in [1.807, 2.05) is 27.7 Å². The maximum absolute atomic E-state index is 10.9. The van der Waals surface area contributed by atoms with Crippen molar-refractivity contribution in [3.05, 3.63) is 0 Å². The van der Waals surface area contributed by atoms with Crippen LogP contribution in [0.2, 0.25) is 0 Å². The molecular weight excluding hydrogens is 404 g/mol. The highest BCUT2D eigenvalue weighted by atomic mass is 32.2. The Hall–Kier alpha value is 0.520. The summed E-state index contributed by atoms with van der Waals surface area (Å²) in [6.45, 7) is 7.36. The summed E-state index contributed by atoms with van der Waals surface area (Å²) in [6, 6.07) is 0. The maximum Gasteiger partial charge on any atom is 0.265 e. The van der Waals surface area contributed by atoms with E-state index < -0.39 is 31.1 Å². The topological polar surface area (TPSA) is 109 Å². The summed E-state index contributed by atoms with van der Waals surface area (Å²) in [4.78, 5) is 0. The van der Waals surface area contributed by atoms with E-state index in [2.05, 4.69) is 0 Å². The second-order valence-corrected chi connectivity index (χ2v) is 13.2. The third kappa shape index (κ3) is 17.7. The molecule has 10 heteroatoms. The molecule has 0 saturated carbocycles. The lowest BCUT2D eigenvalue weighted by atomic mass is 9.93. The zero-order valence-electron chi connectivity index (χ0n) is 15.5. The lowest BCUT2D eigenvalue weighted by Gasteiger charge is -2.22. The van der Waals surface area contributed by atoms with Crippen molar-refractivity contribution in [2.45, 2.75) is 47.0 Å². The Kier molecular flexibility index (Phi) is 11.0. The molecule has 0 radical (unpaired) electrons. The zero-order valence-corrected chi connectivity index (χ0v) is 18.8. The molecule has 0 saturated heterocycles. The summed E-state index contributed by atoms with van der Waals surface area (Å²) in [7, 11) is -7.86. The Morgan fingerprint density at radius 2 is 1.00 bits per heavy atom. The molecule has 6 nitrogen and oxygen atoms in total. The number of rotatable bonds is 14. The highest BCUT2D eigenvalue weighted by Crippen LogP contribution is 2.26. The molecule has 0 aromatic carbocycles. The van der Waals surface area contributed by atoms with E-state index in [9.17, 15) is 16.8 Å². The summed E-state index contributed by atoms with van der Waals surface area (Å²) in [5.41, 5.74) is -0.845. The average Bonchev–Trinajstić information content (AvgIpc) is 2.30. The van der Waals surface area contributed by atoms with Gasteiger partial charge in [-0.25, -0.2) is 0 Å². The largest absolute Gasteiger partial charge is 0.286 e. The van der Waals surface area contributed by atoms with Crippen LogP contribution in [0.25, 0.3) is 0 Å². The average molecular weight is 437 g/mol. The van der Waals surface area contributed by atoms with E-state index >= 15 is 0 Å². The molecule has 0 aliphatic carbocycles. The van der Waals surface area contributed by atoms with Gasteiger partial charge in [0.1, 0.15) is 0 Å². The number of thioether (sulfide) groups is 2. The van der Waals surface area contributed by atoms with Crippen molar-refractivity contribution in [3.63, 3.8) is 0 Å². The molecule has 0 rings (SSSR count). The van der Waals surface area contributed by atoms with Crippen LogP contribution in [0.4, 0.5) is 0 Å². The van der Waals surface area contributed by atoms with Crippen LogP contribution in [0.15, 0.2) is 0 Å². The van der Waals surface area contributed by atoms with Gasteiger partial charge in [-0.1, -0.05) is 27.7 Å². The normalized spacial score (nSPS) is 14.0. The van der Waals surface area contributed by atoms with Gasteiger partial charge in [0, 0.05) is 0 Å². The molecule has 0 aliphatic heterocycles. The van der Waals surface area contributed by atoms with Crippen LogP contribution in [0.1, 0.15) is 47.0 Å². The molecule has 0 unspecified atom stereocenters. The summed E-state index contributed by atoms with van der Waals surface area (Å²) in [5, 5.41) is 0. The second-order valence-electron chi connectivity index (χ2n) is 7.86. The van der Waals surface area contributed by atoms with Gasteiger partial charge in [0.25, 0.3) is 20.2 Å². The molecule has 0 heterocycles. The third-order valence-electron chi connectivity index (χ3n) is 3.57. The quantitative estimate of drug-likeness (QED) is 0.315. The van der Waals surface area contributed by atoms with Gasteiger partial charge in [-0.2, -0.15) is 40.4 Å². The van der Waals surface area contributed by atoms with Gasteiger partial charge in [-0.3, -0.25) is 9.11 Å². The van der Waals surface area contributed by atoms with Gasteiger partial charge >= 0.3 is 0 Å². The Bertz CT molecular complexity index is 529. The van der Waals surface area contributed by atoms with E-state index in [0.717, 1.165) is 42.3 Å². The Morgan fingerprint density at radius 3 is 1.28 bits per heavy atom. The Morgan fingerprint density at radius 1 is 0.680 bits per heavy atom. The standard InChI is InChI=1S/C15H32O6S4/c1-14(2,12-24(16,17)18)6-10-22-8-5-9-23-11-7-15(3,4)13-25(19,20)21/h5-13H2,1-4H3,(H,16,17,18)(H,19,20,21). The summed E-state index contributed by atoms with van der Waals surface area (Å²) in [5.74, 6) is 3.27. The maximum atomic E-state index is 10.9. The SMILES string of the molecule is CC(C)(CCSCCCSCCC(C)(C)CS(=O)(=O)O)CS(=O)(=O)O. The van der Waals surface area contributed by atoms with Gasteiger partial charge in [-0.15, -0.1) is 0 Å². The van der Waals surface area contributed by atoms with E-state index in [4.69, 9.17) is 9.11 Å². The predicted molar refractivity (Wildman–Crippen MR) is 109 cm³/mol. The molecule has 0 fully saturated rings. The minimum Gasteiger partial charge on any atom is -0.286 e. The van der Waals surface area contributed by atoms with Crippen molar-refractivity contribution in [3.8, 4) is 0 Å². The molecule has 152 valence electrons. The zero-order chi connectivity index (χ0) is 19.8. The van der Waals surface area contributed by atoms with E-state index in [1.165, 1.54) is 0 Å².